The van der Waals surface area contributed by atoms with E-state index < -0.39 is 0 Å². The van der Waals surface area contributed by atoms with E-state index in [2.05, 4.69) is 39.4 Å². The van der Waals surface area contributed by atoms with Crippen molar-refractivity contribution in [3.05, 3.63) is 23.9 Å². The van der Waals surface area contributed by atoms with Crippen molar-refractivity contribution in [1.29, 1.82) is 0 Å². The quantitative estimate of drug-likeness (QED) is 0.563. The Hall–Kier alpha value is -1.82. The Morgan fingerprint density at radius 1 is 1.38 bits per heavy atom. The Labute approximate surface area is 145 Å². The average molecular weight is 333 g/mol. The zero-order valence-corrected chi connectivity index (χ0v) is 15.2. The summed E-state index contributed by atoms with van der Waals surface area (Å²) in [5, 5.41) is 6.81. The monoisotopic (exact) mass is 333 g/mol. The summed E-state index contributed by atoms with van der Waals surface area (Å²) in [7, 11) is 0. The van der Waals surface area contributed by atoms with E-state index in [4.69, 9.17) is 4.74 Å². The van der Waals surface area contributed by atoms with Crippen molar-refractivity contribution in [2.45, 2.75) is 46.2 Å². The smallest absolute Gasteiger partial charge is 0.213 e. The molecule has 2 rings (SSSR count). The highest BCUT2D eigenvalue weighted by Gasteiger charge is 2.22. The molecule has 1 aliphatic rings. The van der Waals surface area contributed by atoms with Crippen LogP contribution in [0, 0.1) is 0 Å². The van der Waals surface area contributed by atoms with Gasteiger partial charge in [0.25, 0.3) is 0 Å². The Balaban J connectivity index is 1.91. The SMILES string of the molecule is CCNC(=NCc1ccnc(OCC)c1)NCC1CCCN1CC. The summed E-state index contributed by atoms with van der Waals surface area (Å²) >= 11 is 0. The summed E-state index contributed by atoms with van der Waals surface area (Å²) in [5.74, 6) is 1.53. The van der Waals surface area contributed by atoms with Gasteiger partial charge in [-0.25, -0.2) is 9.98 Å². The molecular weight excluding hydrogens is 302 g/mol. The van der Waals surface area contributed by atoms with Crippen molar-refractivity contribution in [2.75, 3.05) is 32.8 Å². The lowest BCUT2D eigenvalue weighted by molar-refractivity contribution is 0.267. The number of aromatic nitrogens is 1. The molecule has 134 valence electrons. The lowest BCUT2D eigenvalue weighted by Gasteiger charge is -2.24. The van der Waals surface area contributed by atoms with E-state index >= 15 is 0 Å². The maximum atomic E-state index is 5.44. The van der Waals surface area contributed by atoms with Crippen molar-refractivity contribution in [3.8, 4) is 5.88 Å². The van der Waals surface area contributed by atoms with Gasteiger partial charge in [0.1, 0.15) is 0 Å². The van der Waals surface area contributed by atoms with Crippen LogP contribution in [0.2, 0.25) is 0 Å². The highest BCUT2D eigenvalue weighted by molar-refractivity contribution is 5.79. The van der Waals surface area contributed by atoms with E-state index in [1.807, 2.05) is 19.1 Å². The molecule has 0 aromatic carbocycles. The van der Waals surface area contributed by atoms with E-state index in [1.54, 1.807) is 6.20 Å². The van der Waals surface area contributed by atoms with Crippen molar-refractivity contribution in [2.24, 2.45) is 4.99 Å². The minimum atomic E-state index is 0.611. The molecule has 0 radical (unpaired) electrons. The number of nitrogens with one attached hydrogen (secondary N) is 2. The van der Waals surface area contributed by atoms with E-state index in [9.17, 15) is 0 Å². The molecule has 0 spiro atoms. The number of pyridine rings is 1. The lowest BCUT2D eigenvalue weighted by Crippen LogP contribution is -2.44. The molecule has 1 atom stereocenters. The number of hydrogen-bond acceptors (Lipinski definition) is 4. The molecule has 1 aromatic rings. The third kappa shape index (κ3) is 5.67. The van der Waals surface area contributed by atoms with Crippen molar-refractivity contribution >= 4 is 5.96 Å². The lowest BCUT2D eigenvalue weighted by atomic mass is 10.2. The van der Waals surface area contributed by atoms with Gasteiger partial charge in [-0.3, -0.25) is 4.90 Å². The van der Waals surface area contributed by atoms with Gasteiger partial charge in [-0.1, -0.05) is 6.92 Å². The standard InChI is InChI=1S/C18H31N5O/c1-4-19-18(22-14-16-8-7-11-23(16)5-2)21-13-15-9-10-20-17(12-15)24-6-3/h9-10,12,16H,4-8,11,13-14H2,1-3H3,(H2,19,21,22). The number of rotatable bonds is 8. The third-order valence-electron chi connectivity index (χ3n) is 4.27. The van der Waals surface area contributed by atoms with Crippen LogP contribution in [0.4, 0.5) is 0 Å². The van der Waals surface area contributed by atoms with Gasteiger partial charge >= 0.3 is 0 Å². The minimum Gasteiger partial charge on any atom is -0.478 e. The van der Waals surface area contributed by atoms with E-state index in [1.165, 1.54) is 19.4 Å². The normalized spacial score (nSPS) is 18.6. The van der Waals surface area contributed by atoms with Gasteiger partial charge in [0, 0.05) is 31.4 Å². The van der Waals surface area contributed by atoms with Crippen LogP contribution in [-0.4, -0.2) is 54.7 Å². The van der Waals surface area contributed by atoms with Gasteiger partial charge in [0.15, 0.2) is 5.96 Å². The zero-order valence-electron chi connectivity index (χ0n) is 15.2. The molecule has 0 saturated carbocycles. The summed E-state index contributed by atoms with van der Waals surface area (Å²) in [5.41, 5.74) is 1.10. The number of nitrogens with zero attached hydrogens (tertiary/aromatic N) is 3. The fourth-order valence-electron chi connectivity index (χ4n) is 3.04. The molecule has 1 unspecified atom stereocenters. The highest BCUT2D eigenvalue weighted by Crippen LogP contribution is 2.15. The molecule has 1 fully saturated rings. The second kappa shape index (κ2) is 10.1. The average Bonchev–Trinajstić information content (AvgIpc) is 3.05. The second-order valence-electron chi connectivity index (χ2n) is 5.94. The van der Waals surface area contributed by atoms with Gasteiger partial charge in [-0.15, -0.1) is 0 Å². The first-order valence-corrected chi connectivity index (χ1v) is 9.10. The number of likely N-dealkylation sites (N-methyl/N-ethyl adjacent to an activating group) is 1. The molecule has 0 aliphatic carbocycles. The molecule has 0 amide bonds. The first kappa shape index (κ1) is 18.5. The number of hydrogen-bond donors (Lipinski definition) is 2. The summed E-state index contributed by atoms with van der Waals surface area (Å²) in [6.07, 6.45) is 4.33. The van der Waals surface area contributed by atoms with E-state index in [-0.39, 0.29) is 0 Å². The van der Waals surface area contributed by atoms with Crippen molar-refractivity contribution in [3.63, 3.8) is 0 Å². The van der Waals surface area contributed by atoms with Gasteiger partial charge in [-0.2, -0.15) is 0 Å². The minimum absolute atomic E-state index is 0.611. The Bertz CT molecular complexity index is 520. The van der Waals surface area contributed by atoms with Crippen LogP contribution < -0.4 is 15.4 Å². The summed E-state index contributed by atoms with van der Waals surface area (Å²) in [6, 6.07) is 4.54. The largest absolute Gasteiger partial charge is 0.478 e. The van der Waals surface area contributed by atoms with Crippen LogP contribution in [0.3, 0.4) is 0 Å². The zero-order chi connectivity index (χ0) is 17.2. The van der Waals surface area contributed by atoms with Crippen molar-refractivity contribution < 1.29 is 4.74 Å². The van der Waals surface area contributed by atoms with Gasteiger partial charge in [0.05, 0.1) is 13.2 Å². The predicted octanol–water partition coefficient (Wildman–Crippen LogP) is 2.02. The molecule has 2 N–H and O–H groups in total. The summed E-state index contributed by atoms with van der Waals surface area (Å²) < 4.78 is 5.44. The molecule has 0 bridgehead atoms. The number of aliphatic imine (C=N–C) groups is 1. The third-order valence-corrected chi connectivity index (χ3v) is 4.27. The molecule has 2 heterocycles. The first-order valence-electron chi connectivity index (χ1n) is 9.10. The fraction of sp³-hybridized carbons (Fsp3) is 0.667. The van der Waals surface area contributed by atoms with E-state index in [0.717, 1.165) is 31.2 Å². The van der Waals surface area contributed by atoms with Crippen LogP contribution in [0.1, 0.15) is 39.2 Å². The van der Waals surface area contributed by atoms with Gasteiger partial charge in [-0.05, 0) is 51.4 Å². The molecule has 6 heteroatoms. The maximum Gasteiger partial charge on any atom is 0.213 e. The molecular formula is C18H31N5O. The molecule has 1 saturated heterocycles. The topological polar surface area (TPSA) is 61.8 Å². The Kier molecular flexibility index (Phi) is 7.82. The van der Waals surface area contributed by atoms with Gasteiger partial charge in [0.2, 0.25) is 5.88 Å². The second-order valence-corrected chi connectivity index (χ2v) is 5.94. The fourth-order valence-corrected chi connectivity index (χ4v) is 3.04. The Morgan fingerprint density at radius 3 is 3.00 bits per heavy atom. The van der Waals surface area contributed by atoms with Crippen LogP contribution in [0.5, 0.6) is 5.88 Å². The van der Waals surface area contributed by atoms with Gasteiger partial charge < -0.3 is 15.4 Å². The van der Waals surface area contributed by atoms with Crippen molar-refractivity contribution in [1.82, 2.24) is 20.5 Å². The van der Waals surface area contributed by atoms with Crippen LogP contribution >= 0.6 is 0 Å². The van der Waals surface area contributed by atoms with Crippen LogP contribution in [0.25, 0.3) is 0 Å². The highest BCUT2D eigenvalue weighted by atomic mass is 16.5. The maximum absolute atomic E-state index is 5.44. The molecule has 24 heavy (non-hydrogen) atoms. The summed E-state index contributed by atoms with van der Waals surface area (Å²) in [4.78, 5) is 11.4. The first-order chi connectivity index (χ1) is 11.8. The predicted molar refractivity (Wildman–Crippen MR) is 98.5 cm³/mol. The molecule has 1 aromatic heterocycles. The summed E-state index contributed by atoms with van der Waals surface area (Å²) in [6.45, 7) is 11.7. The number of likely N-dealkylation sites (tertiary alicyclic amines) is 1. The van der Waals surface area contributed by atoms with E-state index in [0.29, 0.717) is 25.1 Å². The number of ether oxygens (including phenoxy) is 1. The Morgan fingerprint density at radius 2 is 2.25 bits per heavy atom. The van der Waals surface area contributed by atoms with Crippen LogP contribution in [-0.2, 0) is 6.54 Å². The molecule has 6 nitrogen and oxygen atoms in total. The number of guanidine groups is 1. The molecule has 1 aliphatic heterocycles. The van der Waals surface area contributed by atoms with Crippen LogP contribution in [0.15, 0.2) is 23.3 Å².